The van der Waals surface area contributed by atoms with Crippen molar-refractivity contribution in [3.05, 3.63) is 71.2 Å². The summed E-state index contributed by atoms with van der Waals surface area (Å²) in [6, 6.07) is 13.9. The minimum atomic E-state index is -0.0690. The zero-order valence-electron chi connectivity index (χ0n) is 16.2. The molecular formula is C22H22N4O2. The van der Waals surface area contributed by atoms with Crippen LogP contribution in [-0.4, -0.2) is 20.4 Å². The molecule has 0 atom stereocenters. The van der Waals surface area contributed by atoms with Crippen molar-refractivity contribution in [2.24, 2.45) is 0 Å². The minimum absolute atomic E-state index is 0.0690. The van der Waals surface area contributed by atoms with E-state index in [2.05, 4.69) is 10.5 Å². The van der Waals surface area contributed by atoms with Gasteiger partial charge < -0.3 is 9.84 Å². The first kappa shape index (κ1) is 18.0. The number of benzene rings is 1. The predicted octanol–water partition coefficient (Wildman–Crippen LogP) is 4.49. The molecule has 0 saturated heterocycles. The second-order valence-electron chi connectivity index (χ2n) is 6.91. The maximum absolute atomic E-state index is 12.7. The van der Waals surface area contributed by atoms with Gasteiger partial charge in [0.15, 0.2) is 0 Å². The van der Waals surface area contributed by atoms with Crippen LogP contribution < -0.4 is 5.32 Å². The Hall–Kier alpha value is -3.41. The first-order valence-corrected chi connectivity index (χ1v) is 9.29. The summed E-state index contributed by atoms with van der Waals surface area (Å²) >= 11 is 0. The van der Waals surface area contributed by atoms with Crippen LogP contribution in [0.3, 0.4) is 0 Å². The maximum Gasteiger partial charge on any atom is 0.225 e. The van der Waals surface area contributed by atoms with Crippen molar-refractivity contribution in [2.45, 2.75) is 33.6 Å². The number of nitrogens with zero attached hydrogens (tertiary/aromatic N) is 3. The van der Waals surface area contributed by atoms with Gasteiger partial charge in [0.1, 0.15) is 22.9 Å². The normalized spacial score (nSPS) is 11.1. The van der Waals surface area contributed by atoms with Crippen molar-refractivity contribution in [1.29, 1.82) is 0 Å². The quantitative estimate of drug-likeness (QED) is 0.559. The number of aryl methyl sites for hydroxylation is 3. The van der Waals surface area contributed by atoms with E-state index in [0.717, 1.165) is 39.5 Å². The van der Waals surface area contributed by atoms with Crippen LogP contribution in [-0.2, 0) is 11.2 Å². The molecule has 142 valence electrons. The number of aromatic nitrogens is 3. The molecule has 0 bridgehead atoms. The molecule has 28 heavy (non-hydrogen) atoms. The molecule has 0 aliphatic heterocycles. The second-order valence-corrected chi connectivity index (χ2v) is 6.91. The van der Waals surface area contributed by atoms with E-state index in [0.29, 0.717) is 18.7 Å². The van der Waals surface area contributed by atoms with Crippen LogP contribution in [0.15, 0.2) is 53.2 Å². The van der Waals surface area contributed by atoms with Crippen LogP contribution in [0.2, 0.25) is 0 Å². The fourth-order valence-electron chi connectivity index (χ4n) is 3.41. The fourth-order valence-corrected chi connectivity index (χ4v) is 3.41. The molecule has 1 aromatic carbocycles. The molecule has 0 spiro atoms. The summed E-state index contributed by atoms with van der Waals surface area (Å²) in [5, 5.41) is 7.02. The fraction of sp³-hybridized carbons (Fsp3) is 0.227. The van der Waals surface area contributed by atoms with Gasteiger partial charge in [0, 0.05) is 23.7 Å². The first-order valence-electron chi connectivity index (χ1n) is 9.29. The summed E-state index contributed by atoms with van der Waals surface area (Å²) in [4.78, 5) is 17.5. The lowest BCUT2D eigenvalue weighted by Crippen LogP contribution is -2.14. The minimum Gasteiger partial charge on any atom is -0.361 e. The summed E-state index contributed by atoms with van der Waals surface area (Å²) in [6.07, 6.45) is 2.85. The zero-order chi connectivity index (χ0) is 19.7. The molecule has 0 aliphatic carbocycles. The highest BCUT2D eigenvalue weighted by Crippen LogP contribution is 2.30. The largest absolute Gasteiger partial charge is 0.361 e. The molecule has 0 aliphatic rings. The van der Waals surface area contributed by atoms with Crippen molar-refractivity contribution in [1.82, 2.24) is 14.5 Å². The van der Waals surface area contributed by atoms with Crippen molar-refractivity contribution >= 4 is 17.4 Å². The molecule has 0 saturated carbocycles. The Bertz CT molecular complexity index is 1120. The molecule has 3 heterocycles. The second kappa shape index (κ2) is 7.31. The summed E-state index contributed by atoms with van der Waals surface area (Å²) in [6.45, 7) is 5.78. The van der Waals surface area contributed by atoms with Gasteiger partial charge in [-0.15, -0.1) is 0 Å². The third-order valence-electron chi connectivity index (χ3n) is 4.93. The third-order valence-corrected chi connectivity index (χ3v) is 4.93. The Morgan fingerprint density at radius 3 is 2.61 bits per heavy atom. The topological polar surface area (TPSA) is 72.4 Å². The van der Waals surface area contributed by atoms with Crippen LogP contribution in [0, 0.1) is 20.8 Å². The lowest BCUT2D eigenvalue weighted by molar-refractivity contribution is -0.116. The van der Waals surface area contributed by atoms with Gasteiger partial charge in [0.05, 0.1) is 5.69 Å². The summed E-state index contributed by atoms with van der Waals surface area (Å²) in [5.41, 5.74) is 5.44. The molecule has 6 heteroatoms. The van der Waals surface area contributed by atoms with Gasteiger partial charge in [-0.1, -0.05) is 41.6 Å². The molecule has 4 aromatic rings. The highest BCUT2D eigenvalue weighted by atomic mass is 16.5. The van der Waals surface area contributed by atoms with E-state index in [9.17, 15) is 4.79 Å². The Labute approximate surface area is 163 Å². The van der Waals surface area contributed by atoms with Gasteiger partial charge in [-0.3, -0.25) is 9.20 Å². The number of anilines is 1. The van der Waals surface area contributed by atoms with Crippen LogP contribution in [0.25, 0.3) is 16.9 Å². The van der Waals surface area contributed by atoms with Gasteiger partial charge in [-0.05, 0) is 38.8 Å². The zero-order valence-corrected chi connectivity index (χ0v) is 16.2. The number of carbonyl (C=O) groups is 1. The number of imidazole rings is 1. The highest BCUT2D eigenvalue weighted by molar-refractivity contribution is 5.94. The lowest BCUT2D eigenvalue weighted by Gasteiger charge is -2.08. The van der Waals surface area contributed by atoms with Gasteiger partial charge in [0.2, 0.25) is 5.91 Å². The number of hydrogen-bond donors (Lipinski definition) is 1. The Balaban J connectivity index is 1.65. The molecule has 0 unspecified atom stereocenters. The van der Waals surface area contributed by atoms with Gasteiger partial charge >= 0.3 is 0 Å². The Morgan fingerprint density at radius 1 is 1.11 bits per heavy atom. The average Bonchev–Trinajstić information content (AvgIpc) is 3.22. The first-order chi connectivity index (χ1) is 13.5. The smallest absolute Gasteiger partial charge is 0.225 e. The molecule has 0 fully saturated rings. The number of fused-ring (bicyclic) bond motifs is 1. The average molecular weight is 374 g/mol. The predicted molar refractivity (Wildman–Crippen MR) is 108 cm³/mol. The van der Waals surface area contributed by atoms with Crippen LogP contribution in [0.4, 0.5) is 5.82 Å². The van der Waals surface area contributed by atoms with Crippen LogP contribution >= 0.6 is 0 Å². The van der Waals surface area contributed by atoms with E-state index in [-0.39, 0.29) is 5.91 Å². The number of carbonyl (C=O) groups excluding carboxylic acids is 1. The monoisotopic (exact) mass is 374 g/mol. The summed E-state index contributed by atoms with van der Waals surface area (Å²) in [7, 11) is 0. The highest BCUT2D eigenvalue weighted by Gasteiger charge is 2.18. The van der Waals surface area contributed by atoms with Crippen molar-refractivity contribution in [3.8, 4) is 11.3 Å². The molecular weight excluding hydrogens is 352 g/mol. The molecule has 4 rings (SSSR count). The van der Waals surface area contributed by atoms with Gasteiger partial charge in [0.25, 0.3) is 0 Å². The third kappa shape index (κ3) is 3.29. The van der Waals surface area contributed by atoms with Crippen LogP contribution in [0.5, 0.6) is 0 Å². The number of nitrogens with one attached hydrogen (secondary N) is 1. The van der Waals surface area contributed by atoms with Crippen molar-refractivity contribution < 1.29 is 9.32 Å². The van der Waals surface area contributed by atoms with Crippen molar-refractivity contribution in [2.75, 3.05) is 5.32 Å². The molecule has 1 N–H and O–H groups in total. The molecule has 1 amide bonds. The SMILES string of the molecule is Cc1noc(C)c1CCC(=O)Nc1c(-c2ccccc2)nc2c(C)cccn12. The van der Waals surface area contributed by atoms with E-state index >= 15 is 0 Å². The summed E-state index contributed by atoms with van der Waals surface area (Å²) in [5.74, 6) is 1.38. The van der Waals surface area contributed by atoms with E-state index in [1.807, 2.05) is 73.8 Å². The van der Waals surface area contributed by atoms with E-state index in [1.165, 1.54) is 0 Å². The van der Waals surface area contributed by atoms with E-state index in [4.69, 9.17) is 9.51 Å². The van der Waals surface area contributed by atoms with Crippen molar-refractivity contribution in [3.63, 3.8) is 0 Å². The Kier molecular flexibility index (Phi) is 4.69. The number of amides is 1. The van der Waals surface area contributed by atoms with E-state index in [1.54, 1.807) is 0 Å². The molecule has 0 radical (unpaired) electrons. The van der Waals surface area contributed by atoms with Gasteiger partial charge in [-0.2, -0.15) is 0 Å². The number of hydrogen-bond acceptors (Lipinski definition) is 4. The maximum atomic E-state index is 12.7. The van der Waals surface area contributed by atoms with E-state index < -0.39 is 0 Å². The standard InChI is InChI=1S/C22H22N4O2/c1-14-8-7-13-26-21(14)24-20(17-9-5-4-6-10-17)22(26)23-19(27)12-11-18-15(2)25-28-16(18)3/h4-10,13H,11-12H2,1-3H3,(H,23,27). The lowest BCUT2D eigenvalue weighted by atomic mass is 10.1. The molecule has 3 aromatic heterocycles. The molecule has 6 nitrogen and oxygen atoms in total. The Morgan fingerprint density at radius 2 is 1.89 bits per heavy atom. The number of pyridine rings is 1. The summed E-state index contributed by atoms with van der Waals surface area (Å²) < 4.78 is 7.12. The number of rotatable bonds is 5. The van der Waals surface area contributed by atoms with Crippen LogP contribution in [0.1, 0.15) is 29.0 Å². The van der Waals surface area contributed by atoms with Gasteiger partial charge in [-0.25, -0.2) is 4.98 Å².